The van der Waals surface area contributed by atoms with E-state index in [9.17, 15) is 9.59 Å². The van der Waals surface area contributed by atoms with Gasteiger partial charge in [0.1, 0.15) is 11.4 Å². The number of carbonyl (C=O) groups is 2. The first-order valence-electron chi connectivity index (χ1n) is 8.18. The molecule has 0 fully saturated rings. The van der Waals surface area contributed by atoms with Crippen LogP contribution in [0.2, 0.25) is 0 Å². The number of anilines is 1. The van der Waals surface area contributed by atoms with Crippen LogP contribution in [0.15, 0.2) is 42.5 Å². The fourth-order valence-corrected chi connectivity index (χ4v) is 2.21. The van der Waals surface area contributed by atoms with Gasteiger partial charge < -0.3 is 10.1 Å². The third-order valence-corrected chi connectivity index (χ3v) is 3.50. The molecule has 24 heavy (non-hydrogen) atoms. The number of aryl methyl sites for hydroxylation is 1. The molecule has 5 nitrogen and oxygen atoms in total. The van der Waals surface area contributed by atoms with Crippen LogP contribution in [-0.4, -0.2) is 23.5 Å². The largest absolute Gasteiger partial charge is 0.461 e. The third kappa shape index (κ3) is 4.91. The van der Waals surface area contributed by atoms with E-state index in [1.165, 1.54) is 11.6 Å². The van der Waals surface area contributed by atoms with Gasteiger partial charge in [0.2, 0.25) is 0 Å². The first-order valence-corrected chi connectivity index (χ1v) is 8.18. The number of carbonyl (C=O) groups excluding carboxylic acids is 2. The predicted octanol–water partition coefficient (Wildman–Crippen LogP) is 3.85. The fourth-order valence-electron chi connectivity index (χ4n) is 2.21. The highest BCUT2D eigenvalue weighted by molar-refractivity contribution is 6.03. The van der Waals surface area contributed by atoms with Crippen molar-refractivity contribution in [3.63, 3.8) is 0 Å². The van der Waals surface area contributed by atoms with Crippen molar-refractivity contribution in [1.82, 2.24) is 4.98 Å². The minimum atomic E-state index is -0.535. The lowest BCUT2D eigenvalue weighted by molar-refractivity contribution is 0.0519. The molecule has 0 bridgehead atoms. The zero-order chi connectivity index (χ0) is 17.4. The van der Waals surface area contributed by atoms with E-state index in [1.807, 2.05) is 24.3 Å². The van der Waals surface area contributed by atoms with Crippen molar-refractivity contribution in [3.8, 4) is 0 Å². The van der Waals surface area contributed by atoms with Crippen molar-refractivity contribution >= 4 is 17.6 Å². The molecular weight excluding hydrogens is 304 g/mol. The number of hydrogen-bond donors (Lipinski definition) is 1. The first-order chi connectivity index (χ1) is 11.6. The Morgan fingerprint density at radius 3 is 2.42 bits per heavy atom. The number of ether oxygens (including phenoxy) is 1. The van der Waals surface area contributed by atoms with Crippen molar-refractivity contribution in [2.75, 3.05) is 11.9 Å². The van der Waals surface area contributed by atoms with E-state index < -0.39 is 5.97 Å². The van der Waals surface area contributed by atoms with Crippen LogP contribution in [0.25, 0.3) is 0 Å². The fraction of sp³-hybridized carbons (Fsp3) is 0.316. The molecule has 0 atom stereocenters. The lowest BCUT2D eigenvalue weighted by Crippen LogP contribution is -2.16. The highest BCUT2D eigenvalue weighted by Gasteiger charge is 2.13. The Hall–Kier alpha value is -2.69. The molecule has 0 saturated carbocycles. The molecule has 0 spiro atoms. The summed E-state index contributed by atoms with van der Waals surface area (Å²) in [6.45, 7) is 4.14. The molecule has 2 aromatic rings. The monoisotopic (exact) mass is 326 g/mol. The van der Waals surface area contributed by atoms with Crippen LogP contribution < -0.4 is 5.32 Å². The molecule has 0 aliphatic rings. The van der Waals surface area contributed by atoms with E-state index in [1.54, 1.807) is 19.1 Å². The van der Waals surface area contributed by atoms with Crippen LogP contribution >= 0.6 is 0 Å². The molecule has 1 amide bonds. The Morgan fingerprint density at radius 1 is 1.04 bits per heavy atom. The molecule has 0 radical (unpaired) electrons. The summed E-state index contributed by atoms with van der Waals surface area (Å²) in [5.41, 5.74) is 2.25. The van der Waals surface area contributed by atoms with Crippen molar-refractivity contribution in [3.05, 3.63) is 59.4 Å². The second kappa shape index (κ2) is 8.82. The van der Waals surface area contributed by atoms with Gasteiger partial charge in [-0.25, -0.2) is 9.78 Å². The van der Waals surface area contributed by atoms with Crippen molar-refractivity contribution < 1.29 is 14.3 Å². The molecular formula is C19H22N2O3. The van der Waals surface area contributed by atoms with Gasteiger partial charge in [0.25, 0.3) is 5.91 Å². The van der Waals surface area contributed by atoms with E-state index >= 15 is 0 Å². The Balaban J connectivity index is 2.04. The molecule has 5 heteroatoms. The highest BCUT2D eigenvalue weighted by atomic mass is 16.5. The number of unbranched alkanes of at least 4 members (excludes halogenated alkanes) is 1. The molecule has 0 saturated heterocycles. The van der Waals surface area contributed by atoms with Gasteiger partial charge in [-0.05, 0) is 49.6 Å². The van der Waals surface area contributed by atoms with Gasteiger partial charge in [0.15, 0.2) is 0 Å². The second-order valence-corrected chi connectivity index (χ2v) is 5.38. The first kappa shape index (κ1) is 17.7. The molecule has 0 aliphatic heterocycles. The van der Waals surface area contributed by atoms with E-state index in [0.29, 0.717) is 5.69 Å². The van der Waals surface area contributed by atoms with E-state index in [0.717, 1.165) is 19.3 Å². The molecule has 1 N–H and O–H groups in total. The summed E-state index contributed by atoms with van der Waals surface area (Å²) in [5, 5.41) is 2.79. The van der Waals surface area contributed by atoms with Gasteiger partial charge in [-0.1, -0.05) is 31.5 Å². The SMILES string of the molecule is CCCCc1ccc(NC(=O)c2cccc(C(=O)OCC)n2)cc1. The van der Waals surface area contributed by atoms with Crippen LogP contribution in [0.4, 0.5) is 5.69 Å². The number of pyridine rings is 1. The van der Waals surface area contributed by atoms with E-state index in [2.05, 4.69) is 17.2 Å². The van der Waals surface area contributed by atoms with Crippen LogP contribution in [0.3, 0.4) is 0 Å². The van der Waals surface area contributed by atoms with Gasteiger partial charge in [-0.2, -0.15) is 0 Å². The van der Waals surface area contributed by atoms with Gasteiger partial charge >= 0.3 is 5.97 Å². The second-order valence-electron chi connectivity index (χ2n) is 5.38. The maximum atomic E-state index is 12.3. The number of nitrogens with one attached hydrogen (secondary N) is 1. The smallest absolute Gasteiger partial charge is 0.356 e. The van der Waals surface area contributed by atoms with Gasteiger partial charge in [0, 0.05) is 5.69 Å². The summed E-state index contributed by atoms with van der Waals surface area (Å²) < 4.78 is 4.89. The molecule has 1 aromatic carbocycles. The Labute approximate surface area is 142 Å². The van der Waals surface area contributed by atoms with Crippen LogP contribution in [0.1, 0.15) is 53.2 Å². The summed E-state index contributed by atoms with van der Waals surface area (Å²) in [6, 6.07) is 12.5. The minimum Gasteiger partial charge on any atom is -0.461 e. The maximum Gasteiger partial charge on any atom is 0.356 e. The average Bonchev–Trinajstić information content (AvgIpc) is 2.61. The number of aromatic nitrogens is 1. The molecule has 0 aliphatic carbocycles. The van der Waals surface area contributed by atoms with Crippen LogP contribution in [0.5, 0.6) is 0 Å². The Kier molecular flexibility index (Phi) is 6.49. The quantitative estimate of drug-likeness (QED) is 0.785. The van der Waals surface area contributed by atoms with Crippen molar-refractivity contribution in [1.29, 1.82) is 0 Å². The number of amides is 1. The zero-order valence-electron chi connectivity index (χ0n) is 14.0. The van der Waals surface area contributed by atoms with E-state index in [-0.39, 0.29) is 23.9 Å². The maximum absolute atomic E-state index is 12.3. The summed E-state index contributed by atoms with van der Waals surface area (Å²) in [7, 11) is 0. The standard InChI is InChI=1S/C19H22N2O3/c1-3-5-7-14-10-12-15(13-11-14)20-18(22)16-8-6-9-17(21-16)19(23)24-4-2/h6,8-13H,3-5,7H2,1-2H3,(H,20,22). The molecule has 2 rings (SSSR count). The normalized spacial score (nSPS) is 10.2. The van der Waals surface area contributed by atoms with E-state index in [4.69, 9.17) is 4.74 Å². The average molecular weight is 326 g/mol. The number of hydrogen-bond acceptors (Lipinski definition) is 4. The van der Waals surface area contributed by atoms with Crippen LogP contribution in [-0.2, 0) is 11.2 Å². The van der Waals surface area contributed by atoms with Crippen molar-refractivity contribution in [2.45, 2.75) is 33.1 Å². The molecule has 1 heterocycles. The lowest BCUT2D eigenvalue weighted by Gasteiger charge is -2.07. The molecule has 126 valence electrons. The number of benzene rings is 1. The highest BCUT2D eigenvalue weighted by Crippen LogP contribution is 2.13. The topological polar surface area (TPSA) is 68.3 Å². The Morgan fingerprint density at radius 2 is 1.75 bits per heavy atom. The van der Waals surface area contributed by atoms with Crippen molar-refractivity contribution in [2.24, 2.45) is 0 Å². The summed E-state index contributed by atoms with van der Waals surface area (Å²) in [6.07, 6.45) is 3.34. The van der Waals surface area contributed by atoms with Gasteiger partial charge in [0.05, 0.1) is 6.61 Å². The summed E-state index contributed by atoms with van der Waals surface area (Å²) >= 11 is 0. The summed E-state index contributed by atoms with van der Waals surface area (Å²) in [4.78, 5) is 28.0. The predicted molar refractivity (Wildman–Crippen MR) is 93.2 cm³/mol. The number of rotatable bonds is 7. The zero-order valence-corrected chi connectivity index (χ0v) is 14.0. The van der Waals surface area contributed by atoms with Gasteiger partial charge in [-0.15, -0.1) is 0 Å². The molecule has 1 aromatic heterocycles. The third-order valence-electron chi connectivity index (χ3n) is 3.50. The molecule has 0 unspecified atom stereocenters. The number of nitrogens with zero attached hydrogens (tertiary/aromatic N) is 1. The lowest BCUT2D eigenvalue weighted by atomic mass is 10.1. The van der Waals surface area contributed by atoms with Gasteiger partial charge in [-0.3, -0.25) is 4.79 Å². The minimum absolute atomic E-state index is 0.124. The Bertz CT molecular complexity index is 696. The number of esters is 1. The summed E-state index contributed by atoms with van der Waals surface area (Å²) in [5.74, 6) is -0.894. The van der Waals surface area contributed by atoms with Crippen LogP contribution in [0, 0.1) is 0 Å².